The monoisotopic (exact) mass is 281 g/mol. The lowest BCUT2D eigenvalue weighted by Crippen LogP contribution is -2.24. The Morgan fingerprint density at radius 1 is 1.05 bits per heavy atom. The minimum Gasteiger partial charge on any atom is -0.493 e. The Labute approximate surface area is 127 Å². The van der Waals surface area contributed by atoms with Gasteiger partial charge in [0.25, 0.3) is 0 Å². The summed E-state index contributed by atoms with van der Waals surface area (Å²) in [4.78, 5) is 0. The summed E-state index contributed by atoms with van der Waals surface area (Å²) in [6, 6.07) is 17.5. The number of nitrogens with one attached hydrogen (secondary N) is 1. The molecule has 0 amide bonds. The molecule has 0 saturated heterocycles. The largest absolute Gasteiger partial charge is 0.493 e. The van der Waals surface area contributed by atoms with Crippen LogP contribution in [-0.4, -0.2) is 13.7 Å². The zero-order valence-electron chi connectivity index (χ0n) is 12.8. The summed E-state index contributed by atoms with van der Waals surface area (Å²) in [5, 5.41) is 3.49. The lowest BCUT2D eigenvalue weighted by molar-refractivity contribution is 0.280. The summed E-state index contributed by atoms with van der Waals surface area (Å²) < 4.78 is 5.98. The fourth-order valence-corrected chi connectivity index (χ4v) is 3.28. The fourth-order valence-electron chi connectivity index (χ4n) is 3.28. The van der Waals surface area contributed by atoms with Crippen LogP contribution in [-0.2, 0) is 6.42 Å². The van der Waals surface area contributed by atoms with Gasteiger partial charge in [0.2, 0.25) is 0 Å². The molecule has 110 valence electrons. The van der Waals surface area contributed by atoms with Crippen LogP contribution in [0.15, 0.2) is 48.5 Å². The number of aryl methyl sites for hydroxylation is 1. The predicted molar refractivity (Wildman–Crippen MR) is 86.9 cm³/mol. The standard InChI is InChI=1S/C19H23NO/c1-14(15-8-4-3-5-9-15)18(20-2)17-12-6-10-16-11-7-13-21-19(16)17/h3-6,8-10,12,14,18,20H,7,11,13H2,1-2H3. The lowest BCUT2D eigenvalue weighted by Gasteiger charge is -2.29. The Morgan fingerprint density at radius 3 is 2.62 bits per heavy atom. The first kappa shape index (κ1) is 14.2. The molecule has 0 aromatic heterocycles. The number of ether oxygens (including phenoxy) is 1. The van der Waals surface area contributed by atoms with Gasteiger partial charge in [-0.3, -0.25) is 0 Å². The number of likely N-dealkylation sites (N-methyl/N-ethyl adjacent to an activating group) is 1. The van der Waals surface area contributed by atoms with Crippen molar-refractivity contribution in [1.82, 2.24) is 5.32 Å². The van der Waals surface area contributed by atoms with E-state index in [9.17, 15) is 0 Å². The van der Waals surface area contributed by atoms with Crippen LogP contribution in [0.25, 0.3) is 0 Å². The first-order valence-electron chi connectivity index (χ1n) is 7.78. The molecule has 0 spiro atoms. The second-order valence-electron chi connectivity index (χ2n) is 5.75. The SMILES string of the molecule is CNC(c1cccc2c1OCCC2)C(C)c1ccccc1. The van der Waals surface area contributed by atoms with Crippen LogP contribution in [0.4, 0.5) is 0 Å². The molecule has 1 aliphatic heterocycles. The molecule has 2 unspecified atom stereocenters. The third-order valence-corrected chi connectivity index (χ3v) is 4.44. The normalized spacial score (nSPS) is 16.7. The Balaban J connectivity index is 1.97. The first-order chi connectivity index (χ1) is 10.3. The molecule has 1 aliphatic rings. The van der Waals surface area contributed by atoms with Crippen molar-refractivity contribution < 1.29 is 4.74 Å². The van der Waals surface area contributed by atoms with Crippen LogP contribution in [0.1, 0.15) is 42.0 Å². The van der Waals surface area contributed by atoms with E-state index >= 15 is 0 Å². The van der Waals surface area contributed by atoms with Gasteiger partial charge in [-0.05, 0) is 31.0 Å². The Kier molecular flexibility index (Phi) is 4.26. The molecule has 21 heavy (non-hydrogen) atoms. The van der Waals surface area contributed by atoms with Gasteiger partial charge >= 0.3 is 0 Å². The third kappa shape index (κ3) is 2.81. The second-order valence-corrected chi connectivity index (χ2v) is 5.75. The second kappa shape index (κ2) is 6.31. The molecule has 0 radical (unpaired) electrons. The van der Waals surface area contributed by atoms with Crippen LogP contribution in [0.2, 0.25) is 0 Å². The van der Waals surface area contributed by atoms with Crippen molar-refractivity contribution in [2.24, 2.45) is 0 Å². The van der Waals surface area contributed by atoms with Gasteiger partial charge < -0.3 is 10.1 Å². The van der Waals surface area contributed by atoms with Crippen LogP contribution in [0.5, 0.6) is 5.75 Å². The third-order valence-electron chi connectivity index (χ3n) is 4.44. The van der Waals surface area contributed by atoms with Gasteiger partial charge in [0, 0.05) is 17.5 Å². The highest BCUT2D eigenvalue weighted by molar-refractivity contribution is 5.45. The van der Waals surface area contributed by atoms with Crippen molar-refractivity contribution in [2.75, 3.05) is 13.7 Å². The predicted octanol–water partition coefficient (Wildman–Crippen LogP) is 4.08. The van der Waals surface area contributed by atoms with E-state index in [1.807, 2.05) is 7.05 Å². The molecule has 0 aliphatic carbocycles. The number of para-hydroxylation sites is 1. The highest BCUT2D eigenvalue weighted by Crippen LogP contribution is 2.38. The minimum absolute atomic E-state index is 0.264. The maximum absolute atomic E-state index is 5.98. The van der Waals surface area contributed by atoms with Gasteiger partial charge in [-0.2, -0.15) is 0 Å². The smallest absolute Gasteiger partial charge is 0.127 e. The molecule has 1 heterocycles. The Bertz CT molecular complexity index is 594. The molecule has 2 heteroatoms. The van der Waals surface area contributed by atoms with Gasteiger partial charge in [-0.25, -0.2) is 0 Å². The quantitative estimate of drug-likeness (QED) is 0.912. The molecular formula is C19H23NO. The molecule has 0 saturated carbocycles. The first-order valence-corrected chi connectivity index (χ1v) is 7.78. The van der Waals surface area contributed by atoms with E-state index in [0.29, 0.717) is 5.92 Å². The summed E-state index contributed by atoms with van der Waals surface area (Å²) in [6.45, 7) is 3.11. The topological polar surface area (TPSA) is 21.3 Å². The number of benzene rings is 2. The summed E-state index contributed by atoms with van der Waals surface area (Å²) in [6.07, 6.45) is 2.24. The van der Waals surface area contributed by atoms with Gasteiger partial charge in [0.05, 0.1) is 6.61 Å². The number of rotatable bonds is 4. The van der Waals surface area contributed by atoms with E-state index < -0.39 is 0 Å². The van der Waals surface area contributed by atoms with Crippen LogP contribution < -0.4 is 10.1 Å². The fraction of sp³-hybridized carbons (Fsp3) is 0.368. The number of hydrogen-bond acceptors (Lipinski definition) is 2. The van der Waals surface area contributed by atoms with Gasteiger partial charge in [0.1, 0.15) is 5.75 Å². The zero-order valence-corrected chi connectivity index (χ0v) is 12.8. The van der Waals surface area contributed by atoms with Crippen molar-refractivity contribution in [3.05, 3.63) is 65.2 Å². The van der Waals surface area contributed by atoms with E-state index in [1.54, 1.807) is 0 Å². The lowest BCUT2D eigenvalue weighted by atomic mass is 9.86. The van der Waals surface area contributed by atoms with Crippen LogP contribution >= 0.6 is 0 Å². The van der Waals surface area contributed by atoms with Crippen molar-refractivity contribution >= 4 is 0 Å². The molecule has 2 aromatic rings. The van der Waals surface area contributed by atoms with E-state index in [4.69, 9.17) is 4.74 Å². The zero-order chi connectivity index (χ0) is 14.7. The Hall–Kier alpha value is -1.80. The molecular weight excluding hydrogens is 258 g/mol. The molecule has 2 aromatic carbocycles. The summed E-state index contributed by atoms with van der Waals surface area (Å²) in [7, 11) is 2.03. The van der Waals surface area contributed by atoms with Crippen molar-refractivity contribution in [3.63, 3.8) is 0 Å². The van der Waals surface area contributed by atoms with E-state index in [1.165, 1.54) is 16.7 Å². The Morgan fingerprint density at radius 2 is 1.86 bits per heavy atom. The molecule has 1 N–H and O–H groups in total. The minimum atomic E-state index is 0.264. The maximum Gasteiger partial charge on any atom is 0.127 e. The number of hydrogen-bond donors (Lipinski definition) is 1. The molecule has 2 atom stereocenters. The summed E-state index contributed by atoms with van der Waals surface area (Å²) in [5.41, 5.74) is 3.98. The summed E-state index contributed by atoms with van der Waals surface area (Å²) in [5.74, 6) is 1.50. The van der Waals surface area contributed by atoms with Crippen molar-refractivity contribution in [1.29, 1.82) is 0 Å². The molecule has 0 bridgehead atoms. The maximum atomic E-state index is 5.98. The van der Waals surface area contributed by atoms with Crippen molar-refractivity contribution in [3.8, 4) is 5.75 Å². The van der Waals surface area contributed by atoms with Crippen LogP contribution in [0, 0.1) is 0 Å². The highest BCUT2D eigenvalue weighted by Gasteiger charge is 2.25. The molecule has 2 nitrogen and oxygen atoms in total. The summed E-state index contributed by atoms with van der Waals surface area (Å²) >= 11 is 0. The molecule has 3 rings (SSSR count). The van der Waals surface area contributed by atoms with Gasteiger partial charge in [-0.15, -0.1) is 0 Å². The van der Waals surface area contributed by atoms with Gasteiger partial charge in [0.15, 0.2) is 0 Å². The van der Waals surface area contributed by atoms with Crippen LogP contribution in [0.3, 0.4) is 0 Å². The highest BCUT2D eigenvalue weighted by atomic mass is 16.5. The van der Waals surface area contributed by atoms with E-state index in [0.717, 1.165) is 25.2 Å². The van der Waals surface area contributed by atoms with E-state index in [2.05, 4.69) is 60.8 Å². The average molecular weight is 281 g/mol. The average Bonchev–Trinajstić information content (AvgIpc) is 2.56. The van der Waals surface area contributed by atoms with E-state index in [-0.39, 0.29) is 6.04 Å². The number of fused-ring (bicyclic) bond motifs is 1. The van der Waals surface area contributed by atoms with Crippen molar-refractivity contribution in [2.45, 2.75) is 31.7 Å². The van der Waals surface area contributed by atoms with Gasteiger partial charge in [-0.1, -0.05) is 55.5 Å². The molecule has 0 fully saturated rings.